The van der Waals surface area contributed by atoms with Gasteiger partial charge in [-0.25, -0.2) is 0 Å². The number of nitrogens with zero attached hydrogens (tertiary/aromatic N) is 1. The molecule has 1 unspecified atom stereocenters. The van der Waals surface area contributed by atoms with Crippen LogP contribution in [0.2, 0.25) is 0 Å². The van der Waals surface area contributed by atoms with E-state index in [0.717, 1.165) is 13.0 Å². The third kappa shape index (κ3) is 4.64. The van der Waals surface area contributed by atoms with Gasteiger partial charge < -0.3 is 15.4 Å². The molecule has 0 aliphatic carbocycles. The minimum atomic E-state index is 0.203. The van der Waals surface area contributed by atoms with E-state index in [1.165, 1.54) is 0 Å². The second-order valence-corrected chi connectivity index (χ2v) is 5.45. The van der Waals surface area contributed by atoms with Gasteiger partial charge in [0.1, 0.15) is 0 Å². The Bertz CT molecular complexity index is 244. The van der Waals surface area contributed by atoms with Crippen molar-refractivity contribution >= 4 is 5.91 Å². The van der Waals surface area contributed by atoms with Crippen molar-refractivity contribution in [3.05, 3.63) is 0 Å². The Labute approximate surface area is 104 Å². The van der Waals surface area contributed by atoms with Gasteiger partial charge in [-0.1, -0.05) is 13.8 Å². The Hall–Kier alpha value is -0.610. The van der Waals surface area contributed by atoms with E-state index in [9.17, 15) is 4.79 Å². The van der Waals surface area contributed by atoms with E-state index in [2.05, 4.69) is 13.8 Å². The number of morpholine rings is 1. The molecule has 1 aliphatic heterocycles. The van der Waals surface area contributed by atoms with Crippen LogP contribution in [0, 0.1) is 11.8 Å². The summed E-state index contributed by atoms with van der Waals surface area (Å²) in [4.78, 5) is 14.1. The largest absolute Gasteiger partial charge is 0.377 e. The van der Waals surface area contributed by atoms with E-state index >= 15 is 0 Å². The number of carbonyl (C=O) groups excluding carboxylic acids is 1. The molecule has 0 spiro atoms. The van der Waals surface area contributed by atoms with Gasteiger partial charge in [0.05, 0.1) is 19.3 Å². The van der Waals surface area contributed by atoms with E-state index < -0.39 is 0 Å². The van der Waals surface area contributed by atoms with E-state index in [1.54, 1.807) is 0 Å². The Morgan fingerprint density at radius 3 is 2.76 bits per heavy atom. The van der Waals surface area contributed by atoms with Gasteiger partial charge in [0.2, 0.25) is 5.91 Å². The molecule has 1 fully saturated rings. The normalized spacial score (nSPS) is 22.9. The first kappa shape index (κ1) is 14.5. The zero-order chi connectivity index (χ0) is 12.8. The number of carbonyl (C=O) groups is 1. The van der Waals surface area contributed by atoms with Crippen molar-refractivity contribution in [2.45, 2.75) is 39.7 Å². The van der Waals surface area contributed by atoms with Gasteiger partial charge in [-0.3, -0.25) is 4.79 Å². The van der Waals surface area contributed by atoms with Crippen molar-refractivity contribution in [3.8, 4) is 0 Å². The van der Waals surface area contributed by atoms with Gasteiger partial charge in [0.25, 0.3) is 0 Å². The van der Waals surface area contributed by atoms with Crippen LogP contribution < -0.4 is 5.73 Å². The SMILES string of the molecule is CC(C)CC(CN)CC(=O)N1CCOC[C@H]1C. The molecule has 0 aromatic carbocycles. The summed E-state index contributed by atoms with van der Waals surface area (Å²) in [6.07, 6.45) is 1.61. The molecular weight excluding hydrogens is 216 g/mol. The average molecular weight is 242 g/mol. The number of rotatable bonds is 5. The molecule has 100 valence electrons. The highest BCUT2D eigenvalue weighted by molar-refractivity contribution is 5.76. The summed E-state index contributed by atoms with van der Waals surface area (Å²) >= 11 is 0. The maximum absolute atomic E-state index is 12.2. The number of nitrogens with two attached hydrogens (primary N) is 1. The van der Waals surface area contributed by atoms with Crippen molar-refractivity contribution in [1.29, 1.82) is 0 Å². The molecule has 1 amide bonds. The minimum absolute atomic E-state index is 0.203. The predicted molar refractivity (Wildman–Crippen MR) is 68.6 cm³/mol. The third-order valence-electron chi connectivity index (χ3n) is 3.29. The molecule has 0 aromatic rings. The van der Waals surface area contributed by atoms with Crippen molar-refractivity contribution in [1.82, 2.24) is 4.90 Å². The number of hydrogen-bond acceptors (Lipinski definition) is 3. The van der Waals surface area contributed by atoms with Gasteiger partial charge in [0.15, 0.2) is 0 Å². The monoisotopic (exact) mass is 242 g/mol. The van der Waals surface area contributed by atoms with Gasteiger partial charge in [-0.05, 0) is 31.7 Å². The molecule has 1 rings (SSSR count). The smallest absolute Gasteiger partial charge is 0.223 e. The van der Waals surface area contributed by atoms with Crippen LogP contribution in [0.5, 0.6) is 0 Å². The molecule has 1 aliphatic rings. The molecule has 0 aromatic heterocycles. The van der Waals surface area contributed by atoms with Crippen LogP contribution in [0.1, 0.15) is 33.6 Å². The maximum atomic E-state index is 12.2. The first-order valence-corrected chi connectivity index (χ1v) is 6.61. The van der Waals surface area contributed by atoms with E-state index in [-0.39, 0.29) is 11.9 Å². The van der Waals surface area contributed by atoms with Crippen LogP contribution in [-0.2, 0) is 9.53 Å². The molecule has 4 nitrogen and oxygen atoms in total. The first-order chi connectivity index (χ1) is 8.04. The van der Waals surface area contributed by atoms with Crippen molar-refractivity contribution < 1.29 is 9.53 Å². The fraction of sp³-hybridized carbons (Fsp3) is 0.923. The molecular formula is C13H26N2O2. The molecule has 17 heavy (non-hydrogen) atoms. The lowest BCUT2D eigenvalue weighted by molar-refractivity contribution is -0.140. The highest BCUT2D eigenvalue weighted by Crippen LogP contribution is 2.17. The fourth-order valence-corrected chi connectivity index (χ4v) is 2.39. The molecule has 2 N–H and O–H groups in total. The van der Waals surface area contributed by atoms with E-state index in [1.807, 2.05) is 11.8 Å². The number of ether oxygens (including phenoxy) is 1. The second-order valence-electron chi connectivity index (χ2n) is 5.45. The Balaban J connectivity index is 2.45. The molecule has 2 atom stereocenters. The molecule has 1 heterocycles. The highest BCUT2D eigenvalue weighted by Gasteiger charge is 2.25. The van der Waals surface area contributed by atoms with Crippen molar-refractivity contribution in [2.75, 3.05) is 26.3 Å². The third-order valence-corrected chi connectivity index (χ3v) is 3.29. The summed E-state index contributed by atoms with van der Waals surface area (Å²) in [5.74, 6) is 1.15. The second kappa shape index (κ2) is 6.97. The summed E-state index contributed by atoms with van der Waals surface area (Å²) in [7, 11) is 0. The Kier molecular flexibility index (Phi) is 5.92. The summed E-state index contributed by atoms with van der Waals surface area (Å²) in [5, 5.41) is 0. The number of hydrogen-bond donors (Lipinski definition) is 1. The Morgan fingerprint density at radius 1 is 1.53 bits per heavy atom. The molecule has 0 radical (unpaired) electrons. The average Bonchev–Trinajstić information content (AvgIpc) is 2.27. The maximum Gasteiger partial charge on any atom is 0.223 e. The molecule has 1 saturated heterocycles. The summed E-state index contributed by atoms with van der Waals surface area (Å²) in [6, 6.07) is 0.203. The lowest BCUT2D eigenvalue weighted by Crippen LogP contribution is -2.47. The summed E-state index contributed by atoms with van der Waals surface area (Å²) < 4.78 is 5.34. The van der Waals surface area contributed by atoms with E-state index in [4.69, 9.17) is 10.5 Å². The van der Waals surface area contributed by atoms with Gasteiger partial charge in [0, 0.05) is 13.0 Å². The minimum Gasteiger partial charge on any atom is -0.377 e. The first-order valence-electron chi connectivity index (χ1n) is 6.61. The summed E-state index contributed by atoms with van der Waals surface area (Å²) in [6.45, 7) is 9.02. The summed E-state index contributed by atoms with van der Waals surface area (Å²) in [5.41, 5.74) is 5.74. The Morgan fingerprint density at radius 2 is 2.24 bits per heavy atom. The highest BCUT2D eigenvalue weighted by atomic mass is 16.5. The zero-order valence-corrected chi connectivity index (χ0v) is 11.3. The van der Waals surface area contributed by atoms with E-state index in [0.29, 0.717) is 38.0 Å². The van der Waals surface area contributed by atoms with Crippen LogP contribution in [0.4, 0.5) is 0 Å². The molecule has 4 heteroatoms. The lowest BCUT2D eigenvalue weighted by Gasteiger charge is -2.34. The fourth-order valence-electron chi connectivity index (χ4n) is 2.39. The quantitative estimate of drug-likeness (QED) is 0.789. The van der Waals surface area contributed by atoms with Gasteiger partial charge >= 0.3 is 0 Å². The van der Waals surface area contributed by atoms with Crippen LogP contribution in [0.3, 0.4) is 0 Å². The van der Waals surface area contributed by atoms with Crippen LogP contribution in [0.15, 0.2) is 0 Å². The van der Waals surface area contributed by atoms with Crippen LogP contribution in [-0.4, -0.2) is 43.2 Å². The predicted octanol–water partition coefficient (Wildman–Crippen LogP) is 1.24. The topological polar surface area (TPSA) is 55.6 Å². The standard InChI is InChI=1S/C13H26N2O2/c1-10(2)6-12(8-14)7-13(16)15-4-5-17-9-11(15)3/h10-12H,4-9,14H2,1-3H3/t11-,12?/m1/s1. The van der Waals surface area contributed by atoms with Crippen LogP contribution in [0.25, 0.3) is 0 Å². The van der Waals surface area contributed by atoms with Crippen molar-refractivity contribution in [2.24, 2.45) is 17.6 Å². The van der Waals surface area contributed by atoms with Crippen LogP contribution >= 0.6 is 0 Å². The van der Waals surface area contributed by atoms with Gasteiger partial charge in [-0.2, -0.15) is 0 Å². The number of amides is 1. The van der Waals surface area contributed by atoms with Crippen molar-refractivity contribution in [3.63, 3.8) is 0 Å². The lowest BCUT2D eigenvalue weighted by atomic mass is 9.93. The molecule has 0 saturated carbocycles. The van der Waals surface area contributed by atoms with Gasteiger partial charge in [-0.15, -0.1) is 0 Å². The zero-order valence-electron chi connectivity index (χ0n) is 11.3. The molecule has 0 bridgehead atoms.